The second kappa shape index (κ2) is 3.09. The zero-order valence-corrected chi connectivity index (χ0v) is 8.18. The van der Waals surface area contributed by atoms with Crippen LogP contribution in [0, 0.1) is 6.92 Å². The molecular weight excluding hydrogens is 150 g/mol. The summed E-state index contributed by atoms with van der Waals surface area (Å²) in [6, 6.07) is 6.36. The summed E-state index contributed by atoms with van der Waals surface area (Å²) in [4.78, 5) is 2.09. The second-order valence-corrected chi connectivity index (χ2v) is 3.53. The highest BCUT2D eigenvalue weighted by Gasteiger charge is 1.95. The van der Waals surface area contributed by atoms with Crippen LogP contribution < -0.4 is 10.1 Å². The summed E-state index contributed by atoms with van der Waals surface area (Å²) in [6.07, 6.45) is 0. The molecule has 11 heavy (non-hydrogen) atoms. The van der Waals surface area contributed by atoms with Crippen molar-refractivity contribution < 1.29 is 0 Å². The number of rotatable bonds is 1. The zero-order chi connectivity index (χ0) is 8.43. The van der Waals surface area contributed by atoms with Crippen molar-refractivity contribution >= 4 is 21.1 Å². The zero-order valence-electron chi connectivity index (χ0n) is 7.18. The third-order valence-electron chi connectivity index (χ3n) is 1.58. The predicted molar refractivity (Wildman–Crippen MR) is 50.9 cm³/mol. The van der Waals surface area contributed by atoms with Crippen molar-refractivity contribution in [3.63, 3.8) is 0 Å². The summed E-state index contributed by atoms with van der Waals surface area (Å²) < 4.78 is 0. The maximum Gasteiger partial charge on any atom is 0.0712 e. The van der Waals surface area contributed by atoms with E-state index in [1.54, 1.807) is 0 Å². The van der Waals surface area contributed by atoms with Gasteiger partial charge in [-0.2, -0.15) is 0 Å². The molecule has 1 nitrogen and oxygen atoms in total. The lowest BCUT2D eigenvalue weighted by Crippen LogP contribution is -2.12. The van der Waals surface area contributed by atoms with Gasteiger partial charge in [-0.1, -0.05) is 11.3 Å². The van der Waals surface area contributed by atoms with E-state index in [1.165, 1.54) is 11.3 Å². The number of benzene rings is 1. The lowest BCUT2D eigenvalue weighted by atomic mass is 10.2. The quantitative estimate of drug-likeness (QED) is 0.554. The van der Waals surface area contributed by atoms with Crippen molar-refractivity contribution in [1.82, 2.24) is 0 Å². The summed E-state index contributed by atoms with van der Waals surface area (Å²) in [5.74, 6) is 0. The van der Waals surface area contributed by atoms with Gasteiger partial charge in [-0.05, 0) is 24.6 Å². The molecule has 0 bridgehead atoms. The minimum absolute atomic E-state index is 1.13. The smallest absolute Gasteiger partial charge is 0.0712 e. The molecule has 0 aliphatic rings. The van der Waals surface area contributed by atoms with Gasteiger partial charge in [0.15, 0.2) is 0 Å². The Morgan fingerprint density at radius 3 is 2.27 bits per heavy atom. The molecule has 0 N–H and O–H groups in total. The summed E-state index contributed by atoms with van der Waals surface area (Å²) in [6.45, 7) is 2.09. The monoisotopic (exact) mass is 162 g/mol. The van der Waals surface area contributed by atoms with E-state index >= 15 is 0 Å². The van der Waals surface area contributed by atoms with E-state index in [1.807, 2.05) is 14.1 Å². The van der Waals surface area contributed by atoms with Gasteiger partial charge in [0, 0.05) is 19.8 Å². The standard InChI is InChI=1S/C9H12NSi/c1-7-4-8(10(2)3)6-9(11)5-7/h4-6H,1-3H3. The molecule has 1 aromatic rings. The maximum atomic E-state index is 3.50. The largest absolute Gasteiger partial charge is 0.378 e. The van der Waals surface area contributed by atoms with Gasteiger partial charge in [0.05, 0.1) is 10.2 Å². The van der Waals surface area contributed by atoms with Crippen LogP contribution in [-0.4, -0.2) is 24.3 Å². The van der Waals surface area contributed by atoms with Crippen LogP contribution in [0.15, 0.2) is 18.2 Å². The van der Waals surface area contributed by atoms with E-state index < -0.39 is 0 Å². The van der Waals surface area contributed by atoms with Crippen LogP contribution in [0.3, 0.4) is 0 Å². The van der Waals surface area contributed by atoms with E-state index in [0.717, 1.165) is 5.19 Å². The van der Waals surface area contributed by atoms with Crippen molar-refractivity contribution in [2.75, 3.05) is 19.0 Å². The molecule has 0 unspecified atom stereocenters. The highest BCUT2D eigenvalue weighted by Crippen LogP contribution is 2.10. The molecule has 0 saturated heterocycles. The Morgan fingerprint density at radius 2 is 1.82 bits per heavy atom. The number of aryl methyl sites for hydroxylation is 1. The Balaban J connectivity index is 3.08. The molecule has 0 saturated carbocycles. The van der Waals surface area contributed by atoms with Crippen LogP contribution in [0.4, 0.5) is 5.69 Å². The molecule has 0 aliphatic heterocycles. The molecule has 3 radical (unpaired) electrons. The summed E-state index contributed by atoms with van der Waals surface area (Å²) in [7, 11) is 7.59. The van der Waals surface area contributed by atoms with Gasteiger partial charge in [-0.3, -0.25) is 0 Å². The van der Waals surface area contributed by atoms with Crippen LogP contribution in [0.5, 0.6) is 0 Å². The minimum atomic E-state index is 1.13. The first-order chi connectivity index (χ1) is 5.09. The van der Waals surface area contributed by atoms with Gasteiger partial charge < -0.3 is 4.90 Å². The Hall–Kier alpha value is -0.763. The van der Waals surface area contributed by atoms with E-state index in [-0.39, 0.29) is 0 Å². The Labute approximate surface area is 71.5 Å². The van der Waals surface area contributed by atoms with Crippen LogP contribution >= 0.6 is 0 Å². The Kier molecular flexibility index (Phi) is 2.34. The normalized spacial score (nSPS) is 9.82. The van der Waals surface area contributed by atoms with Crippen molar-refractivity contribution in [3.8, 4) is 0 Å². The predicted octanol–water partition coefficient (Wildman–Crippen LogP) is 0.855. The number of hydrogen-bond acceptors (Lipinski definition) is 1. The van der Waals surface area contributed by atoms with Crippen LogP contribution in [0.25, 0.3) is 0 Å². The fraction of sp³-hybridized carbons (Fsp3) is 0.333. The molecule has 1 aromatic carbocycles. The van der Waals surface area contributed by atoms with E-state index in [2.05, 4.69) is 40.3 Å². The fourth-order valence-electron chi connectivity index (χ4n) is 1.02. The average Bonchev–Trinajstić information content (AvgIpc) is 1.85. The molecule has 0 heterocycles. The third-order valence-corrected chi connectivity index (χ3v) is 1.87. The third kappa shape index (κ3) is 2.08. The van der Waals surface area contributed by atoms with Gasteiger partial charge in [-0.15, -0.1) is 0 Å². The molecule has 0 spiro atoms. The maximum absolute atomic E-state index is 3.50. The van der Waals surface area contributed by atoms with Gasteiger partial charge in [0.25, 0.3) is 0 Å². The lowest BCUT2D eigenvalue weighted by Gasteiger charge is -2.13. The highest BCUT2D eigenvalue weighted by atomic mass is 28.1. The first kappa shape index (κ1) is 8.33. The molecule has 0 amide bonds. The Bertz CT molecular complexity index is 235. The topological polar surface area (TPSA) is 3.24 Å². The molecular formula is C9H12NSi. The molecule has 0 fully saturated rings. The molecule has 0 aromatic heterocycles. The second-order valence-electron chi connectivity index (χ2n) is 2.95. The minimum Gasteiger partial charge on any atom is -0.378 e. The van der Waals surface area contributed by atoms with Crippen LogP contribution in [0.2, 0.25) is 0 Å². The summed E-state index contributed by atoms with van der Waals surface area (Å²) >= 11 is 0. The van der Waals surface area contributed by atoms with Crippen LogP contribution in [0.1, 0.15) is 5.56 Å². The van der Waals surface area contributed by atoms with Crippen molar-refractivity contribution in [2.24, 2.45) is 0 Å². The van der Waals surface area contributed by atoms with Gasteiger partial charge >= 0.3 is 0 Å². The van der Waals surface area contributed by atoms with Gasteiger partial charge in [0.1, 0.15) is 0 Å². The average molecular weight is 162 g/mol. The van der Waals surface area contributed by atoms with Crippen molar-refractivity contribution in [1.29, 1.82) is 0 Å². The first-order valence-corrected chi connectivity index (χ1v) is 4.10. The number of nitrogens with zero attached hydrogens (tertiary/aromatic N) is 1. The van der Waals surface area contributed by atoms with E-state index in [4.69, 9.17) is 0 Å². The molecule has 0 atom stereocenters. The SMILES string of the molecule is Cc1cc([Si])cc(N(C)C)c1. The van der Waals surface area contributed by atoms with Gasteiger partial charge in [0.2, 0.25) is 0 Å². The number of anilines is 1. The lowest BCUT2D eigenvalue weighted by molar-refractivity contribution is 1.13. The number of hydrogen-bond donors (Lipinski definition) is 0. The molecule has 2 heteroatoms. The van der Waals surface area contributed by atoms with Crippen molar-refractivity contribution in [3.05, 3.63) is 23.8 Å². The molecule has 1 rings (SSSR count). The summed E-state index contributed by atoms with van der Waals surface area (Å²) in [5, 5.41) is 1.13. The van der Waals surface area contributed by atoms with Gasteiger partial charge in [-0.25, -0.2) is 0 Å². The summed E-state index contributed by atoms with van der Waals surface area (Å²) in [5.41, 5.74) is 2.51. The Morgan fingerprint density at radius 1 is 1.18 bits per heavy atom. The molecule has 57 valence electrons. The van der Waals surface area contributed by atoms with Crippen LogP contribution in [-0.2, 0) is 0 Å². The van der Waals surface area contributed by atoms with E-state index in [0.29, 0.717) is 0 Å². The fourth-order valence-corrected chi connectivity index (χ4v) is 1.40. The van der Waals surface area contributed by atoms with Crippen molar-refractivity contribution in [2.45, 2.75) is 6.92 Å². The first-order valence-electron chi connectivity index (χ1n) is 3.60. The highest BCUT2D eigenvalue weighted by molar-refractivity contribution is 6.32. The molecule has 0 aliphatic carbocycles. The van der Waals surface area contributed by atoms with E-state index in [9.17, 15) is 0 Å².